The number of imide groups is 1. The van der Waals surface area contributed by atoms with Gasteiger partial charge in [0, 0.05) is 66.3 Å². The number of halogens is 2. The van der Waals surface area contributed by atoms with E-state index in [4.69, 9.17) is 31.8 Å². The first-order valence-corrected chi connectivity index (χ1v) is 22.3. The Balaban J connectivity index is 0.756. The summed E-state index contributed by atoms with van der Waals surface area (Å²) in [6, 6.07) is 9.58. The second-order valence-electron chi connectivity index (χ2n) is 17.7. The van der Waals surface area contributed by atoms with Gasteiger partial charge < -0.3 is 40.0 Å². The monoisotopic (exact) mass is 899 g/mol. The summed E-state index contributed by atoms with van der Waals surface area (Å²) in [6.07, 6.45) is 5.16. The van der Waals surface area contributed by atoms with Gasteiger partial charge in [-0.05, 0) is 94.8 Å². The Bertz CT molecular complexity index is 2580. The molecule has 19 heteroatoms. The van der Waals surface area contributed by atoms with Gasteiger partial charge in [-0.1, -0.05) is 17.7 Å². The summed E-state index contributed by atoms with van der Waals surface area (Å²) in [5, 5.41) is 17.9. The molecule has 5 N–H and O–H groups in total. The number of fused-ring (bicyclic) bond motifs is 2. The third-order valence-corrected chi connectivity index (χ3v) is 13.5. The van der Waals surface area contributed by atoms with Gasteiger partial charge in [-0.25, -0.2) is 9.37 Å². The second-order valence-corrected chi connectivity index (χ2v) is 18.1. The minimum atomic E-state index is -0.825. The highest BCUT2D eigenvalue weighted by atomic mass is 35.5. The molecule has 4 aromatic rings. The van der Waals surface area contributed by atoms with Crippen LogP contribution in [0.15, 0.2) is 47.4 Å². The van der Waals surface area contributed by atoms with Crippen molar-refractivity contribution in [3.63, 3.8) is 0 Å². The molecular formula is C45H51ClFN9O8. The van der Waals surface area contributed by atoms with Crippen molar-refractivity contribution in [3.8, 4) is 5.75 Å². The highest BCUT2D eigenvalue weighted by molar-refractivity contribution is 6.33. The fourth-order valence-corrected chi connectivity index (χ4v) is 10.0. The molecule has 2 aromatic heterocycles. The number of pyridine rings is 1. The third kappa shape index (κ3) is 8.51. The molecule has 0 bridgehead atoms. The number of primary amides is 1. The van der Waals surface area contributed by atoms with Crippen LogP contribution in [0.3, 0.4) is 0 Å². The number of nitrogens with two attached hydrogens (primary N) is 1. The zero-order valence-electron chi connectivity index (χ0n) is 35.6. The molecule has 0 radical (unpaired) electrons. The SMILES string of the molecule is CC(C)n1c(=O)c(OCC(N)=O)cc2cc(Nc3nc(N4CCC(O[C@H]5C[C@H](N6CC[C@H](c7ccc8c(c7F)CN(C7CCC(=O)NC7=O)C8=O)[C@H](O)C6)C5)CC4)ncc3Cl)ccc21. The van der Waals surface area contributed by atoms with Crippen molar-refractivity contribution in [2.45, 2.75) is 108 Å². The lowest BCUT2D eigenvalue weighted by molar-refractivity contribution is -0.137. The van der Waals surface area contributed by atoms with Crippen molar-refractivity contribution >= 4 is 63.6 Å². The van der Waals surface area contributed by atoms with E-state index in [2.05, 4.69) is 25.4 Å². The zero-order chi connectivity index (χ0) is 45.0. The van der Waals surface area contributed by atoms with Crippen LogP contribution in [0.1, 0.15) is 92.2 Å². The number of likely N-dealkylation sites (tertiary alicyclic amines) is 1. The number of β-amino-alcohol motifs (C(OH)–C–C–N with tert-alkyl or cyclic N) is 1. The number of aliphatic hydroxyl groups excluding tert-OH is 1. The maximum absolute atomic E-state index is 16.1. The number of carbonyl (C=O) groups is 4. The zero-order valence-corrected chi connectivity index (χ0v) is 36.4. The van der Waals surface area contributed by atoms with Crippen LogP contribution in [0, 0.1) is 5.82 Å². The maximum atomic E-state index is 16.1. The number of amides is 4. The van der Waals surface area contributed by atoms with Gasteiger partial charge in [0.05, 0.1) is 36.6 Å². The summed E-state index contributed by atoms with van der Waals surface area (Å²) in [7, 11) is 0. The molecule has 2 aromatic carbocycles. The van der Waals surface area contributed by atoms with E-state index < -0.39 is 48.2 Å². The Morgan fingerprint density at radius 1 is 1.05 bits per heavy atom. The van der Waals surface area contributed by atoms with Crippen molar-refractivity contribution in [2.75, 3.05) is 43.0 Å². The minimum absolute atomic E-state index is 0.0250. The average Bonchev–Trinajstić information content (AvgIpc) is 3.58. The fourth-order valence-electron chi connectivity index (χ4n) is 9.87. The largest absolute Gasteiger partial charge is 0.478 e. The molecule has 5 aliphatic rings. The van der Waals surface area contributed by atoms with Crippen LogP contribution in [0.4, 0.5) is 21.8 Å². The van der Waals surface area contributed by atoms with Crippen LogP contribution in [-0.4, -0.2) is 116 Å². The summed E-state index contributed by atoms with van der Waals surface area (Å²) < 4.78 is 29.7. The van der Waals surface area contributed by atoms with Gasteiger partial charge in [-0.3, -0.25) is 34.2 Å². The molecule has 9 rings (SSSR count). The molecule has 64 heavy (non-hydrogen) atoms. The number of aliphatic hydroxyl groups is 1. The molecule has 3 saturated heterocycles. The molecule has 1 saturated carbocycles. The molecule has 4 amide bonds. The van der Waals surface area contributed by atoms with Crippen LogP contribution in [-0.2, 0) is 25.7 Å². The number of carbonyl (C=O) groups excluding carboxylic acids is 4. The molecule has 4 fully saturated rings. The molecular weight excluding hydrogens is 849 g/mol. The molecule has 3 atom stereocenters. The average molecular weight is 900 g/mol. The number of rotatable bonds is 12. The van der Waals surface area contributed by atoms with Crippen molar-refractivity contribution in [2.24, 2.45) is 5.73 Å². The van der Waals surface area contributed by atoms with E-state index in [1.165, 1.54) is 4.90 Å². The summed E-state index contributed by atoms with van der Waals surface area (Å²) in [5.41, 5.74) is 7.11. The van der Waals surface area contributed by atoms with Gasteiger partial charge in [-0.2, -0.15) is 4.98 Å². The predicted octanol–water partition coefficient (Wildman–Crippen LogP) is 3.90. The highest BCUT2D eigenvalue weighted by Gasteiger charge is 2.44. The van der Waals surface area contributed by atoms with E-state index in [0.717, 1.165) is 25.7 Å². The Kier molecular flexibility index (Phi) is 12.0. The number of anilines is 3. The molecule has 4 aliphatic heterocycles. The van der Waals surface area contributed by atoms with E-state index in [0.29, 0.717) is 71.5 Å². The number of piperidine rings is 3. The van der Waals surface area contributed by atoms with Gasteiger partial charge in [-0.15, -0.1) is 0 Å². The topological polar surface area (TPSA) is 215 Å². The van der Waals surface area contributed by atoms with Gasteiger partial charge >= 0.3 is 0 Å². The quantitative estimate of drug-likeness (QED) is 0.149. The first-order valence-electron chi connectivity index (χ1n) is 21.9. The van der Waals surface area contributed by atoms with Crippen molar-refractivity contribution in [1.29, 1.82) is 0 Å². The Labute approximate surface area is 373 Å². The van der Waals surface area contributed by atoms with E-state index in [9.17, 15) is 29.1 Å². The first-order chi connectivity index (χ1) is 30.7. The second kappa shape index (κ2) is 17.7. The highest BCUT2D eigenvalue weighted by Crippen LogP contribution is 2.40. The molecule has 338 valence electrons. The number of benzene rings is 2. The number of hydrogen-bond donors (Lipinski definition) is 4. The first kappa shape index (κ1) is 43.6. The Morgan fingerprint density at radius 3 is 2.55 bits per heavy atom. The number of aromatic nitrogens is 3. The van der Waals surface area contributed by atoms with E-state index in [1.807, 2.05) is 32.0 Å². The van der Waals surface area contributed by atoms with Gasteiger partial charge in [0.25, 0.3) is 17.4 Å². The van der Waals surface area contributed by atoms with Crippen LogP contribution < -0.4 is 31.6 Å². The van der Waals surface area contributed by atoms with Gasteiger partial charge in [0.15, 0.2) is 18.2 Å². The third-order valence-electron chi connectivity index (χ3n) is 13.3. The van der Waals surface area contributed by atoms with E-state index >= 15 is 4.39 Å². The lowest BCUT2D eigenvalue weighted by Crippen LogP contribution is -2.55. The predicted molar refractivity (Wildman–Crippen MR) is 234 cm³/mol. The number of ether oxygens (including phenoxy) is 2. The molecule has 17 nitrogen and oxygen atoms in total. The van der Waals surface area contributed by atoms with Crippen LogP contribution in [0.2, 0.25) is 5.02 Å². The van der Waals surface area contributed by atoms with Gasteiger partial charge in [0.1, 0.15) is 16.9 Å². The van der Waals surface area contributed by atoms with Crippen molar-refractivity contribution < 1.29 is 38.1 Å². The summed E-state index contributed by atoms with van der Waals surface area (Å²) in [4.78, 5) is 76.8. The molecule has 6 heterocycles. The summed E-state index contributed by atoms with van der Waals surface area (Å²) in [5.74, 6) is -1.98. The normalized spacial score (nSPS) is 24.2. The molecule has 0 spiro atoms. The van der Waals surface area contributed by atoms with Crippen LogP contribution in [0.25, 0.3) is 10.9 Å². The van der Waals surface area contributed by atoms with Crippen molar-refractivity contribution in [1.82, 2.24) is 29.7 Å². The maximum Gasteiger partial charge on any atom is 0.293 e. The van der Waals surface area contributed by atoms with Crippen LogP contribution in [0.5, 0.6) is 5.75 Å². The molecule has 1 aliphatic carbocycles. The summed E-state index contributed by atoms with van der Waals surface area (Å²) in [6.45, 7) is 5.81. The Morgan fingerprint density at radius 2 is 1.83 bits per heavy atom. The number of hydrogen-bond acceptors (Lipinski definition) is 13. The minimum Gasteiger partial charge on any atom is -0.478 e. The molecule has 1 unspecified atom stereocenters. The lowest BCUT2D eigenvalue weighted by atomic mass is 9.81. The smallest absolute Gasteiger partial charge is 0.293 e. The van der Waals surface area contributed by atoms with Crippen LogP contribution >= 0.6 is 11.6 Å². The van der Waals surface area contributed by atoms with E-state index in [1.54, 1.807) is 29.0 Å². The summed E-state index contributed by atoms with van der Waals surface area (Å²) >= 11 is 6.57. The number of nitrogens with zero attached hydrogens (tertiary/aromatic N) is 6. The van der Waals surface area contributed by atoms with Gasteiger partial charge in [0.2, 0.25) is 17.8 Å². The van der Waals surface area contributed by atoms with E-state index in [-0.39, 0.29) is 72.0 Å². The standard InChI is InChI=1S/C45H51ClFN9O8/c1-23(2)56-34-6-3-25(15-24(34)16-37(44(56)62)63-22-38(48)58)50-41-33(46)19-49-45(52-41)53-12-9-27(10-13-53)64-28-17-26(18-28)54-14-11-29(36(57)21-54)30-4-5-31-32(40(30)47)20-55(43(31)61)35-7-8-39(59)51-42(35)60/h3-6,15-16,19,23,26-29,35-36,57H,7-14,17-18,20-22H2,1-2H3,(H2,48,58)(H,49,50,52)(H,51,59,60)/t26-,28-,29-,35?,36-/m1/s1. The fraction of sp³-hybridized carbons (Fsp3) is 0.489. The number of nitrogens with one attached hydrogen (secondary N) is 2. The Hall–Kier alpha value is -5.69. The lowest BCUT2D eigenvalue weighted by Gasteiger charge is -2.48. The van der Waals surface area contributed by atoms with Crippen molar-refractivity contribution in [3.05, 3.63) is 80.5 Å².